The lowest BCUT2D eigenvalue weighted by molar-refractivity contribution is 0.0731. The van der Waals surface area contributed by atoms with Crippen molar-refractivity contribution in [2.75, 3.05) is 0 Å². The van der Waals surface area contributed by atoms with Crippen molar-refractivity contribution in [2.45, 2.75) is 47.0 Å². The summed E-state index contributed by atoms with van der Waals surface area (Å²) in [6.07, 6.45) is 3.84. The summed E-state index contributed by atoms with van der Waals surface area (Å²) in [5.41, 5.74) is 10.3. The maximum atomic E-state index is 12.6. The third-order valence-corrected chi connectivity index (χ3v) is 4.34. The van der Waals surface area contributed by atoms with Crippen LogP contribution in [0.2, 0.25) is 0 Å². The molecule has 0 radical (unpaired) electrons. The largest absolute Gasteiger partial charge is 0.422 e. The first-order valence-corrected chi connectivity index (χ1v) is 8.76. The third-order valence-electron chi connectivity index (χ3n) is 4.34. The van der Waals surface area contributed by atoms with Gasteiger partial charge in [-0.15, -0.1) is 0 Å². The third kappa shape index (κ3) is 4.02. The Morgan fingerprint density at radius 1 is 1.12 bits per heavy atom. The molecule has 0 amide bonds. The van der Waals surface area contributed by atoms with Crippen molar-refractivity contribution in [2.24, 2.45) is 10.9 Å². The number of oxime groups is 1. The number of hydrogen-bond acceptors (Lipinski definition) is 5. The van der Waals surface area contributed by atoms with Crippen LogP contribution in [-0.4, -0.2) is 22.0 Å². The summed E-state index contributed by atoms with van der Waals surface area (Å²) in [6, 6.07) is 5.34. The average molecular weight is 355 g/mol. The highest BCUT2D eigenvalue weighted by atomic mass is 16.5. The molecule has 0 saturated heterocycles. The van der Waals surface area contributed by atoms with E-state index in [0.717, 1.165) is 35.2 Å². The monoisotopic (exact) mass is 355 g/mol. The highest BCUT2D eigenvalue weighted by Crippen LogP contribution is 2.27. The molecule has 2 aromatic rings. The fraction of sp³-hybridized carbons (Fsp3) is 0.350. The second kappa shape index (κ2) is 8.47. The van der Waals surface area contributed by atoms with E-state index in [4.69, 9.17) is 15.7 Å². The first-order chi connectivity index (χ1) is 12.4. The molecule has 0 aliphatic carbocycles. The van der Waals surface area contributed by atoms with Gasteiger partial charge in [-0.25, -0.2) is 4.79 Å². The van der Waals surface area contributed by atoms with Crippen LogP contribution in [0.3, 0.4) is 0 Å². The molecule has 0 fully saturated rings. The number of carbonyl (C=O) groups is 1. The zero-order valence-corrected chi connectivity index (χ0v) is 15.7. The number of hydrogen-bond donors (Lipinski definition) is 2. The molecule has 0 bridgehead atoms. The molecule has 0 saturated carbocycles. The number of rotatable bonds is 6. The van der Waals surface area contributed by atoms with Crippen molar-refractivity contribution >= 4 is 11.8 Å². The fourth-order valence-electron chi connectivity index (χ4n) is 2.89. The van der Waals surface area contributed by atoms with Gasteiger partial charge in [0.1, 0.15) is 5.75 Å². The zero-order valence-electron chi connectivity index (χ0n) is 15.7. The molecule has 3 N–H and O–H groups in total. The van der Waals surface area contributed by atoms with E-state index < -0.39 is 5.97 Å². The van der Waals surface area contributed by atoms with Gasteiger partial charge in [-0.1, -0.05) is 25.9 Å². The topological polar surface area (TPSA) is 97.8 Å². The molecule has 0 aliphatic rings. The van der Waals surface area contributed by atoms with E-state index in [-0.39, 0.29) is 5.84 Å². The van der Waals surface area contributed by atoms with E-state index in [1.54, 1.807) is 18.3 Å². The lowest BCUT2D eigenvalue weighted by Gasteiger charge is -2.14. The number of carbonyl (C=O) groups excluding carboxylic acids is 1. The van der Waals surface area contributed by atoms with Crippen LogP contribution in [0.4, 0.5) is 0 Å². The minimum atomic E-state index is -0.441. The van der Waals surface area contributed by atoms with E-state index >= 15 is 0 Å². The number of amidine groups is 1. The van der Waals surface area contributed by atoms with Crippen LogP contribution in [0.1, 0.15) is 59.1 Å². The van der Waals surface area contributed by atoms with Crippen LogP contribution >= 0.6 is 0 Å². The summed E-state index contributed by atoms with van der Waals surface area (Å²) in [7, 11) is 0. The van der Waals surface area contributed by atoms with Crippen LogP contribution in [0, 0.1) is 6.92 Å². The number of aryl methyl sites for hydroxylation is 4. The standard InChI is InChI=1S/C20H25N3O3/c1-5-13-9-16(11-22-17(13)7-3)20(24)26-18-12(4)8-15(19(21)23-25)10-14(18)6-2/h8-11,25H,5-7H2,1-4H3,(H2,21,23). The first-order valence-electron chi connectivity index (χ1n) is 8.76. The Labute approximate surface area is 153 Å². The van der Waals surface area contributed by atoms with Crippen LogP contribution in [-0.2, 0) is 19.3 Å². The molecule has 6 heteroatoms. The van der Waals surface area contributed by atoms with Crippen molar-refractivity contribution in [3.63, 3.8) is 0 Å². The van der Waals surface area contributed by atoms with Gasteiger partial charge in [-0.2, -0.15) is 0 Å². The molecule has 6 nitrogen and oxygen atoms in total. The van der Waals surface area contributed by atoms with Gasteiger partial charge in [0, 0.05) is 17.5 Å². The second-order valence-electron chi connectivity index (χ2n) is 6.05. The minimum absolute atomic E-state index is 0.0209. The number of nitrogens with zero attached hydrogens (tertiary/aromatic N) is 2. The van der Waals surface area contributed by atoms with Gasteiger partial charge < -0.3 is 15.7 Å². The smallest absolute Gasteiger partial charge is 0.345 e. The molecule has 2 rings (SSSR count). The summed E-state index contributed by atoms with van der Waals surface area (Å²) in [6.45, 7) is 7.86. The second-order valence-corrected chi connectivity index (χ2v) is 6.05. The minimum Gasteiger partial charge on any atom is -0.422 e. The van der Waals surface area contributed by atoms with Gasteiger partial charge >= 0.3 is 5.97 Å². The number of aromatic nitrogens is 1. The molecule has 138 valence electrons. The summed E-state index contributed by atoms with van der Waals surface area (Å²) >= 11 is 0. The Hall–Kier alpha value is -2.89. The van der Waals surface area contributed by atoms with E-state index in [9.17, 15) is 4.79 Å². The summed E-state index contributed by atoms with van der Waals surface area (Å²) in [5.74, 6) is 0.0847. The van der Waals surface area contributed by atoms with E-state index in [1.807, 2.05) is 33.8 Å². The molecule has 1 aromatic heterocycles. The average Bonchev–Trinajstić information content (AvgIpc) is 2.67. The number of pyridine rings is 1. The SMILES string of the molecule is CCc1cc(C(=O)Oc2c(C)cc(C(N)=NO)cc2CC)cnc1CC. The van der Waals surface area contributed by atoms with Crippen molar-refractivity contribution in [3.05, 3.63) is 57.9 Å². The molecule has 0 unspecified atom stereocenters. The Bertz CT molecular complexity index is 844. The van der Waals surface area contributed by atoms with Crippen LogP contribution < -0.4 is 10.5 Å². The van der Waals surface area contributed by atoms with Crippen LogP contribution in [0.15, 0.2) is 29.6 Å². The van der Waals surface area contributed by atoms with Gasteiger partial charge in [-0.3, -0.25) is 4.98 Å². The predicted octanol–water partition coefficient (Wildman–Crippen LogP) is 3.39. The van der Waals surface area contributed by atoms with Gasteiger partial charge in [0.05, 0.1) is 5.56 Å². The van der Waals surface area contributed by atoms with Crippen molar-refractivity contribution in [1.29, 1.82) is 0 Å². The highest BCUT2D eigenvalue weighted by molar-refractivity contribution is 5.98. The lowest BCUT2D eigenvalue weighted by atomic mass is 10.0. The molecule has 26 heavy (non-hydrogen) atoms. The van der Waals surface area contributed by atoms with E-state index in [0.29, 0.717) is 23.3 Å². The van der Waals surface area contributed by atoms with Crippen molar-refractivity contribution in [3.8, 4) is 5.75 Å². The molecule has 1 heterocycles. The molecular weight excluding hydrogens is 330 g/mol. The quantitative estimate of drug-likeness (QED) is 0.207. The van der Waals surface area contributed by atoms with Crippen LogP contribution in [0.25, 0.3) is 0 Å². The number of benzene rings is 1. The Morgan fingerprint density at radius 3 is 2.35 bits per heavy atom. The lowest BCUT2D eigenvalue weighted by Crippen LogP contribution is -2.16. The first kappa shape index (κ1) is 19.4. The summed E-state index contributed by atoms with van der Waals surface area (Å²) in [4.78, 5) is 17.0. The number of nitrogens with two attached hydrogens (primary N) is 1. The number of ether oxygens (including phenoxy) is 1. The molecular formula is C20H25N3O3. The van der Waals surface area contributed by atoms with Gasteiger partial charge in [0.25, 0.3) is 0 Å². The highest BCUT2D eigenvalue weighted by Gasteiger charge is 2.17. The van der Waals surface area contributed by atoms with Crippen molar-refractivity contribution in [1.82, 2.24) is 4.98 Å². The van der Waals surface area contributed by atoms with Crippen LogP contribution in [0.5, 0.6) is 5.75 Å². The van der Waals surface area contributed by atoms with E-state index in [2.05, 4.69) is 10.1 Å². The van der Waals surface area contributed by atoms with Gasteiger partial charge in [-0.05, 0) is 61.1 Å². The molecule has 0 aliphatic heterocycles. The van der Waals surface area contributed by atoms with E-state index in [1.165, 1.54) is 0 Å². The zero-order chi connectivity index (χ0) is 19.3. The van der Waals surface area contributed by atoms with Gasteiger partial charge in [0.15, 0.2) is 5.84 Å². The van der Waals surface area contributed by atoms with Crippen molar-refractivity contribution < 1.29 is 14.7 Å². The van der Waals surface area contributed by atoms with Gasteiger partial charge in [0.2, 0.25) is 0 Å². The molecule has 0 atom stereocenters. The molecule has 1 aromatic carbocycles. The maximum Gasteiger partial charge on any atom is 0.345 e. The summed E-state index contributed by atoms with van der Waals surface area (Å²) in [5, 5.41) is 11.9. The summed E-state index contributed by atoms with van der Waals surface area (Å²) < 4.78 is 5.67. The Morgan fingerprint density at radius 2 is 1.77 bits per heavy atom. The maximum absolute atomic E-state index is 12.6. The predicted molar refractivity (Wildman–Crippen MR) is 101 cm³/mol. The fourth-order valence-corrected chi connectivity index (χ4v) is 2.89. The Balaban J connectivity index is 2.37. The normalized spacial score (nSPS) is 11.5. The number of esters is 1. The Kier molecular flexibility index (Phi) is 6.33. The molecule has 0 spiro atoms.